The van der Waals surface area contributed by atoms with Crippen LogP contribution in [0, 0.1) is 6.92 Å². The number of hydrogen-bond donors (Lipinski definition) is 1. The minimum atomic E-state index is -0.319. The number of carbonyl (C=O) groups excluding carboxylic acids is 1. The summed E-state index contributed by atoms with van der Waals surface area (Å²) in [4.78, 5) is 32.3. The summed E-state index contributed by atoms with van der Waals surface area (Å²) < 4.78 is 2.18. The van der Waals surface area contributed by atoms with Crippen LogP contribution in [0.1, 0.15) is 54.1 Å². The van der Waals surface area contributed by atoms with Gasteiger partial charge < -0.3 is 9.88 Å². The summed E-state index contributed by atoms with van der Waals surface area (Å²) >= 11 is 0. The molecule has 3 rings (SSSR count). The zero-order chi connectivity index (χ0) is 20.1. The maximum Gasteiger partial charge on any atom is 0.257 e. The number of likely N-dealkylation sites (N-methyl/N-ethyl adjacent to an activating group) is 1. The third-order valence-electron chi connectivity index (χ3n) is 5.64. The van der Waals surface area contributed by atoms with Gasteiger partial charge in [-0.3, -0.25) is 19.5 Å². The predicted molar refractivity (Wildman–Crippen MR) is 110 cm³/mol. The second-order valence-corrected chi connectivity index (χ2v) is 7.36. The van der Waals surface area contributed by atoms with Crippen LogP contribution in [0.4, 0.5) is 0 Å². The first-order valence-corrected chi connectivity index (χ1v) is 10.2. The fourth-order valence-corrected chi connectivity index (χ4v) is 4.19. The Morgan fingerprint density at radius 3 is 2.82 bits per heavy atom. The van der Waals surface area contributed by atoms with Crippen molar-refractivity contribution in [2.45, 2.75) is 59.2 Å². The van der Waals surface area contributed by atoms with E-state index in [9.17, 15) is 9.59 Å². The Labute approximate surface area is 166 Å². The third kappa shape index (κ3) is 4.33. The molecule has 2 aromatic rings. The largest absolute Gasteiger partial charge is 0.346 e. The Kier molecular flexibility index (Phi) is 6.62. The van der Waals surface area contributed by atoms with Gasteiger partial charge in [0.2, 0.25) is 0 Å². The van der Waals surface area contributed by atoms with E-state index in [4.69, 9.17) is 0 Å². The molecule has 28 heavy (non-hydrogen) atoms. The lowest BCUT2D eigenvalue weighted by Crippen LogP contribution is -2.37. The van der Waals surface area contributed by atoms with E-state index in [1.807, 2.05) is 32.0 Å². The van der Waals surface area contributed by atoms with Crippen molar-refractivity contribution >= 4 is 5.91 Å². The SMILES string of the molecule is CCc1c(C(=O)NCc2ccccn2)c(=O)cc(C)n1C[C@@H]1CCCN1CC. The van der Waals surface area contributed by atoms with Gasteiger partial charge in [-0.15, -0.1) is 0 Å². The Bertz CT molecular complexity index is 876. The van der Waals surface area contributed by atoms with Crippen molar-refractivity contribution in [2.75, 3.05) is 13.1 Å². The van der Waals surface area contributed by atoms with Crippen LogP contribution >= 0.6 is 0 Å². The van der Waals surface area contributed by atoms with E-state index in [0.29, 0.717) is 19.0 Å². The molecule has 0 aromatic carbocycles. The number of nitrogens with zero attached hydrogens (tertiary/aromatic N) is 3. The van der Waals surface area contributed by atoms with Gasteiger partial charge in [0.1, 0.15) is 5.56 Å². The fraction of sp³-hybridized carbons (Fsp3) is 0.500. The van der Waals surface area contributed by atoms with Crippen LogP contribution in [0.5, 0.6) is 0 Å². The highest BCUT2D eigenvalue weighted by molar-refractivity contribution is 5.95. The Morgan fingerprint density at radius 1 is 1.32 bits per heavy atom. The van der Waals surface area contributed by atoms with Gasteiger partial charge in [-0.05, 0) is 51.4 Å². The smallest absolute Gasteiger partial charge is 0.257 e. The number of nitrogens with one attached hydrogen (secondary N) is 1. The average molecular weight is 383 g/mol. The zero-order valence-electron chi connectivity index (χ0n) is 17.1. The monoisotopic (exact) mass is 382 g/mol. The van der Waals surface area contributed by atoms with E-state index < -0.39 is 0 Å². The first-order valence-electron chi connectivity index (χ1n) is 10.2. The molecule has 6 nitrogen and oxygen atoms in total. The summed E-state index contributed by atoms with van der Waals surface area (Å²) in [5.74, 6) is -0.319. The molecular weight excluding hydrogens is 352 g/mol. The number of likely N-dealkylation sites (tertiary alicyclic amines) is 1. The summed E-state index contributed by atoms with van der Waals surface area (Å²) in [5.41, 5.74) is 2.58. The van der Waals surface area contributed by atoms with Crippen molar-refractivity contribution in [3.63, 3.8) is 0 Å². The lowest BCUT2D eigenvalue weighted by Gasteiger charge is -2.27. The van der Waals surface area contributed by atoms with Gasteiger partial charge in [-0.1, -0.05) is 19.9 Å². The maximum absolute atomic E-state index is 12.9. The molecule has 1 atom stereocenters. The number of hydrogen-bond acceptors (Lipinski definition) is 4. The molecule has 0 bridgehead atoms. The second-order valence-electron chi connectivity index (χ2n) is 7.36. The van der Waals surface area contributed by atoms with Crippen molar-refractivity contribution in [1.82, 2.24) is 19.8 Å². The molecule has 1 N–H and O–H groups in total. The molecule has 6 heteroatoms. The van der Waals surface area contributed by atoms with Crippen LogP contribution in [0.3, 0.4) is 0 Å². The highest BCUT2D eigenvalue weighted by atomic mass is 16.2. The average Bonchev–Trinajstić information content (AvgIpc) is 3.15. The maximum atomic E-state index is 12.9. The van der Waals surface area contributed by atoms with Gasteiger partial charge in [0, 0.05) is 36.2 Å². The minimum absolute atomic E-state index is 0.206. The minimum Gasteiger partial charge on any atom is -0.346 e. The molecule has 3 heterocycles. The quantitative estimate of drug-likeness (QED) is 0.799. The molecule has 1 aliphatic rings. The Morgan fingerprint density at radius 2 is 2.14 bits per heavy atom. The third-order valence-corrected chi connectivity index (χ3v) is 5.64. The van der Waals surface area contributed by atoms with Crippen LogP contribution in [-0.2, 0) is 19.5 Å². The molecule has 150 valence electrons. The van der Waals surface area contributed by atoms with E-state index in [1.54, 1.807) is 12.3 Å². The first-order chi connectivity index (χ1) is 13.5. The first kappa shape index (κ1) is 20.3. The van der Waals surface area contributed by atoms with Crippen LogP contribution in [0.25, 0.3) is 0 Å². The summed E-state index contributed by atoms with van der Waals surface area (Å²) in [7, 11) is 0. The highest BCUT2D eigenvalue weighted by Crippen LogP contribution is 2.21. The van der Waals surface area contributed by atoms with Crippen molar-refractivity contribution in [3.05, 3.63) is 63.3 Å². The van der Waals surface area contributed by atoms with Gasteiger partial charge >= 0.3 is 0 Å². The molecule has 0 saturated carbocycles. The summed E-state index contributed by atoms with van der Waals surface area (Å²) in [5, 5.41) is 2.87. The lowest BCUT2D eigenvalue weighted by atomic mass is 10.1. The van der Waals surface area contributed by atoms with Crippen LogP contribution in [0.2, 0.25) is 0 Å². The topological polar surface area (TPSA) is 67.2 Å². The summed E-state index contributed by atoms with van der Waals surface area (Å²) in [6.07, 6.45) is 4.70. The molecule has 0 aliphatic carbocycles. The summed E-state index contributed by atoms with van der Waals surface area (Å²) in [6.45, 7) is 9.44. The number of pyridine rings is 2. The van der Waals surface area contributed by atoms with E-state index in [0.717, 1.165) is 43.1 Å². The number of rotatable bonds is 7. The molecule has 1 aliphatic heterocycles. The van der Waals surface area contributed by atoms with Gasteiger partial charge in [-0.2, -0.15) is 0 Å². The standard InChI is InChI=1S/C22H30N4O2/c1-4-19-21(22(28)24-14-17-9-6-7-11-23-17)20(27)13-16(3)26(19)15-18-10-8-12-25(18)5-2/h6-7,9,11,13,18H,4-5,8,10,12,14-15H2,1-3H3,(H,24,28)/t18-/m0/s1. The number of aryl methyl sites for hydroxylation is 1. The highest BCUT2D eigenvalue weighted by Gasteiger charge is 2.26. The van der Waals surface area contributed by atoms with Crippen LogP contribution < -0.4 is 10.7 Å². The van der Waals surface area contributed by atoms with Crippen molar-refractivity contribution < 1.29 is 4.79 Å². The molecule has 1 fully saturated rings. The molecule has 0 radical (unpaired) electrons. The van der Waals surface area contributed by atoms with Crippen LogP contribution in [-0.4, -0.2) is 39.5 Å². The van der Waals surface area contributed by atoms with Gasteiger partial charge in [0.25, 0.3) is 5.91 Å². The normalized spacial score (nSPS) is 17.0. The van der Waals surface area contributed by atoms with E-state index in [1.165, 1.54) is 6.42 Å². The van der Waals surface area contributed by atoms with E-state index in [2.05, 4.69) is 26.7 Å². The van der Waals surface area contributed by atoms with E-state index >= 15 is 0 Å². The predicted octanol–water partition coefficient (Wildman–Crippen LogP) is 2.53. The summed E-state index contributed by atoms with van der Waals surface area (Å²) in [6, 6.07) is 7.63. The molecule has 1 amide bonds. The molecule has 0 spiro atoms. The second kappa shape index (κ2) is 9.15. The fourth-order valence-electron chi connectivity index (χ4n) is 4.19. The van der Waals surface area contributed by atoms with Gasteiger partial charge in [0.15, 0.2) is 5.43 Å². The van der Waals surface area contributed by atoms with Gasteiger partial charge in [0.05, 0.1) is 12.2 Å². The van der Waals surface area contributed by atoms with Crippen molar-refractivity contribution in [1.29, 1.82) is 0 Å². The molecule has 0 unspecified atom stereocenters. The number of carbonyl (C=O) groups is 1. The molecular formula is C22H30N4O2. The van der Waals surface area contributed by atoms with Crippen molar-refractivity contribution in [2.24, 2.45) is 0 Å². The molecule has 2 aromatic heterocycles. The number of aromatic nitrogens is 2. The Balaban J connectivity index is 1.88. The van der Waals surface area contributed by atoms with Gasteiger partial charge in [-0.25, -0.2) is 0 Å². The van der Waals surface area contributed by atoms with Crippen LogP contribution in [0.15, 0.2) is 35.3 Å². The molecule has 1 saturated heterocycles. The Hall–Kier alpha value is -2.47. The lowest BCUT2D eigenvalue weighted by molar-refractivity contribution is 0.0947. The van der Waals surface area contributed by atoms with E-state index in [-0.39, 0.29) is 16.9 Å². The zero-order valence-corrected chi connectivity index (χ0v) is 17.1. The number of amides is 1. The van der Waals surface area contributed by atoms with Crippen molar-refractivity contribution in [3.8, 4) is 0 Å².